The number of carbonyl (C=O) groups is 1. The Bertz CT molecular complexity index is 1520. The number of ether oxygens (including phenoxy) is 2. The van der Waals surface area contributed by atoms with Crippen molar-refractivity contribution in [2.75, 3.05) is 11.9 Å². The predicted molar refractivity (Wildman–Crippen MR) is 133 cm³/mol. The van der Waals surface area contributed by atoms with Crippen LogP contribution in [0.4, 0.5) is 5.69 Å². The summed E-state index contributed by atoms with van der Waals surface area (Å²) in [7, 11) is 0. The Balaban J connectivity index is 1.74. The predicted octanol–water partition coefficient (Wildman–Crippen LogP) is 5.08. The third-order valence-corrected chi connectivity index (χ3v) is 5.17. The van der Waals surface area contributed by atoms with Crippen LogP contribution in [-0.2, 0) is 4.79 Å². The summed E-state index contributed by atoms with van der Waals surface area (Å²) in [6.45, 7) is 2.38. The van der Waals surface area contributed by atoms with Crippen molar-refractivity contribution >= 4 is 34.9 Å². The van der Waals surface area contributed by atoms with E-state index in [1.165, 1.54) is 10.6 Å². The van der Waals surface area contributed by atoms with Gasteiger partial charge in [0.2, 0.25) is 5.88 Å². The molecule has 0 aliphatic heterocycles. The molecular weight excluding hydrogens is 468 g/mol. The molecule has 4 aromatic rings. The van der Waals surface area contributed by atoms with Crippen molar-refractivity contribution in [1.29, 1.82) is 5.26 Å². The van der Waals surface area contributed by atoms with E-state index in [1.54, 1.807) is 66.7 Å². The topological polar surface area (TPSA) is 106 Å². The van der Waals surface area contributed by atoms with Gasteiger partial charge in [0, 0.05) is 11.9 Å². The lowest BCUT2D eigenvalue weighted by atomic mass is 10.1. The average Bonchev–Trinajstić information content (AvgIpc) is 2.86. The van der Waals surface area contributed by atoms with Crippen LogP contribution < -0.4 is 20.3 Å². The molecule has 35 heavy (non-hydrogen) atoms. The molecule has 0 bridgehead atoms. The van der Waals surface area contributed by atoms with Gasteiger partial charge < -0.3 is 14.8 Å². The molecule has 0 aliphatic rings. The first-order valence-electron chi connectivity index (χ1n) is 10.6. The van der Waals surface area contributed by atoms with Gasteiger partial charge in [-0.3, -0.25) is 14.0 Å². The molecule has 2 aromatic carbocycles. The number of rotatable bonds is 7. The third kappa shape index (κ3) is 5.32. The van der Waals surface area contributed by atoms with E-state index >= 15 is 0 Å². The van der Waals surface area contributed by atoms with Crippen molar-refractivity contribution in [3.05, 3.63) is 99.4 Å². The number of pyridine rings is 1. The van der Waals surface area contributed by atoms with E-state index in [-0.39, 0.29) is 22.8 Å². The van der Waals surface area contributed by atoms with Gasteiger partial charge in [0.1, 0.15) is 34.4 Å². The number of anilines is 1. The molecule has 0 radical (unpaired) electrons. The number of benzene rings is 2. The summed E-state index contributed by atoms with van der Waals surface area (Å²) in [6, 6.07) is 20.3. The van der Waals surface area contributed by atoms with E-state index in [1.807, 2.05) is 13.0 Å². The van der Waals surface area contributed by atoms with Gasteiger partial charge in [-0.2, -0.15) is 10.2 Å². The highest BCUT2D eigenvalue weighted by Crippen LogP contribution is 2.30. The number of aromatic nitrogens is 2. The number of amides is 1. The Labute approximate surface area is 205 Å². The summed E-state index contributed by atoms with van der Waals surface area (Å²) in [5.41, 5.74) is -0.112. The highest BCUT2D eigenvalue weighted by molar-refractivity contribution is 6.32. The molecule has 0 spiro atoms. The number of hydrogen-bond acceptors (Lipinski definition) is 6. The van der Waals surface area contributed by atoms with Crippen molar-refractivity contribution in [2.24, 2.45) is 0 Å². The SMILES string of the molecule is CCOc1ccc(NC(=O)/C(C#N)=C/c2c(Oc3ccccc3Cl)nc3ccccn3c2=O)cc1. The normalized spacial score (nSPS) is 11.1. The van der Waals surface area contributed by atoms with Crippen LogP contribution in [0.2, 0.25) is 5.02 Å². The summed E-state index contributed by atoms with van der Waals surface area (Å²) in [5.74, 6) is 0.139. The maximum atomic E-state index is 13.3. The van der Waals surface area contributed by atoms with Crippen LogP contribution in [0, 0.1) is 11.3 Å². The summed E-state index contributed by atoms with van der Waals surface area (Å²) < 4.78 is 12.5. The first-order chi connectivity index (χ1) is 17.0. The quantitative estimate of drug-likeness (QED) is 0.288. The van der Waals surface area contributed by atoms with E-state index in [9.17, 15) is 14.9 Å². The fraction of sp³-hybridized carbons (Fsp3) is 0.0769. The molecule has 1 N–H and O–H groups in total. The lowest BCUT2D eigenvalue weighted by Crippen LogP contribution is -2.20. The second-order valence-electron chi connectivity index (χ2n) is 7.18. The maximum absolute atomic E-state index is 13.3. The molecular formula is C26H19ClN4O4. The van der Waals surface area contributed by atoms with Crippen LogP contribution in [-0.4, -0.2) is 21.9 Å². The van der Waals surface area contributed by atoms with Gasteiger partial charge >= 0.3 is 0 Å². The van der Waals surface area contributed by atoms with E-state index < -0.39 is 11.5 Å². The van der Waals surface area contributed by atoms with E-state index in [2.05, 4.69) is 10.3 Å². The molecule has 4 rings (SSSR count). The molecule has 9 heteroatoms. The van der Waals surface area contributed by atoms with E-state index in [4.69, 9.17) is 21.1 Å². The largest absolute Gasteiger partial charge is 0.494 e. The molecule has 0 atom stereocenters. The van der Waals surface area contributed by atoms with Crippen LogP contribution in [0.15, 0.2) is 83.3 Å². The van der Waals surface area contributed by atoms with Crippen LogP contribution in [0.25, 0.3) is 11.7 Å². The summed E-state index contributed by atoms with van der Waals surface area (Å²) >= 11 is 6.21. The number of fused-ring (bicyclic) bond motifs is 1. The second-order valence-corrected chi connectivity index (χ2v) is 7.59. The van der Waals surface area contributed by atoms with Gasteiger partial charge in [-0.25, -0.2) is 0 Å². The standard InChI is InChI=1S/C26H19ClN4O4/c1-2-34-19-12-10-18(11-13-19)29-24(32)17(16-28)15-20-25(35-22-8-4-3-7-21(22)27)30-23-9-5-6-14-31(23)26(20)33/h3-15H,2H2,1H3,(H,29,32)/b17-15+. The maximum Gasteiger partial charge on any atom is 0.269 e. The molecule has 174 valence electrons. The van der Waals surface area contributed by atoms with Gasteiger partial charge in [-0.05, 0) is 61.5 Å². The van der Waals surface area contributed by atoms with Gasteiger partial charge in [0.25, 0.3) is 11.5 Å². The number of nitriles is 1. The number of carbonyl (C=O) groups excluding carboxylic acids is 1. The first-order valence-corrected chi connectivity index (χ1v) is 11.0. The molecule has 0 saturated heterocycles. The Morgan fingerprint density at radius 1 is 1.14 bits per heavy atom. The minimum Gasteiger partial charge on any atom is -0.494 e. The van der Waals surface area contributed by atoms with Gasteiger partial charge in [0.05, 0.1) is 11.6 Å². The fourth-order valence-corrected chi connectivity index (χ4v) is 3.38. The van der Waals surface area contributed by atoms with Gasteiger partial charge in [0.15, 0.2) is 0 Å². The van der Waals surface area contributed by atoms with E-state index in [0.29, 0.717) is 28.7 Å². The highest BCUT2D eigenvalue weighted by atomic mass is 35.5. The summed E-state index contributed by atoms with van der Waals surface area (Å²) in [6.07, 6.45) is 2.69. The van der Waals surface area contributed by atoms with Crippen molar-refractivity contribution < 1.29 is 14.3 Å². The molecule has 0 saturated carbocycles. The molecule has 0 fully saturated rings. The number of hydrogen-bond donors (Lipinski definition) is 1. The van der Waals surface area contributed by atoms with Gasteiger partial charge in [-0.15, -0.1) is 0 Å². The number of nitrogens with one attached hydrogen (secondary N) is 1. The van der Waals surface area contributed by atoms with Crippen molar-refractivity contribution in [1.82, 2.24) is 9.38 Å². The van der Waals surface area contributed by atoms with Crippen LogP contribution in [0.3, 0.4) is 0 Å². The Morgan fingerprint density at radius 3 is 2.60 bits per heavy atom. The highest BCUT2D eigenvalue weighted by Gasteiger charge is 2.18. The zero-order valence-corrected chi connectivity index (χ0v) is 19.3. The van der Waals surface area contributed by atoms with Crippen LogP contribution in [0.1, 0.15) is 12.5 Å². The molecule has 8 nitrogen and oxygen atoms in total. The first kappa shape index (κ1) is 23.5. The fourth-order valence-electron chi connectivity index (χ4n) is 3.21. The second kappa shape index (κ2) is 10.5. The molecule has 0 aliphatic carbocycles. The van der Waals surface area contributed by atoms with E-state index in [0.717, 1.165) is 6.08 Å². The Hall–Kier alpha value is -4.61. The van der Waals surface area contributed by atoms with Gasteiger partial charge in [-0.1, -0.05) is 29.8 Å². The summed E-state index contributed by atoms with van der Waals surface area (Å²) in [5, 5.41) is 12.6. The number of nitrogens with zero attached hydrogens (tertiary/aromatic N) is 3. The Morgan fingerprint density at radius 2 is 1.89 bits per heavy atom. The average molecular weight is 487 g/mol. The zero-order chi connectivity index (χ0) is 24.8. The number of para-hydroxylation sites is 1. The van der Waals surface area contributed by atoms with Crippen molar-refractivity contribution in [2.45, 2.75) is 6.92 Å². The lowest BCUT2D eigenvalue weighted by Gasteiger charge is -2.11. The lowest BCUT2D eigenvalue weighted by molar-refractivity contribution is -0.112. The number of halogens is 1. The minimum absolute atomic E-state index is 0.0768. The van der Waals surface area contributed by atoms with Crippen molar-refractivity contribution in [3.8, 4) is 23.4 Å². The third-order valence-electron chi connectivity index (χ3n) is 4.85. The summed E-state index contributed by atoms with van der Waals surface area (Å²) in [4.78, 5) is 30.5. The monoisotopic (exact) mass is 486 g/mol. The smallest absolute Gasteiger partial charge is 0.269 e. The Kier molecular flexibility index (Phi) is 7.10. The minimum atomic E-state index is -0.696. The molecule has 1 amide bonds. The van der Waals surface area contributed by atoms with Crippen LogP contribution >= 0.6 is 11.6 Å². The zero-order valence-electron chi connectivity index (χ0n) is 18.6. The molecule has 0 unspecified atom stereocenters. The van der Waals surface area contributed by atoms with Crippen molar-refractivity contribution in [3.63, 3.8) is 0 Å². The molecule has 2 heterocycles. The van der Waals surface area contributed by atoms with Crippen LogP contribution in [0.5, 0.6) is 17.4 Å². The molecule has 2 aromatic heterocycles.